The topological polar surface area (TPSA) is 60.2 Å². The Morgan fingerprint density at radius 3 is 2.92 bits per heavy atom. The summed E-state index contributed by atoms with van der Waals surface area (Å²) in [5, 5.41) is 0.176. The molecule has 2 heterocycles. The molecule has 0 amide bonds. The van der Waals surface area contributed by atoms with Crippen LogP contribution >= 0.6 is 0 Å². The quantitative estimate of drug-likeness (QED) is 0.679. The lowest BCUT2D eigenvalue weighted by molar-refractivity contribution is 0.450. The highest BCUT2D eigenvalue weighted by molar-refractivity contribution is 7.91. The summed E-state index contributed by atoms with van der Waals surface area (Å²) < 4.78 is 28.3. The van der Waals surface area contributed by atoms with Crippen molar-refractivity contribution in [3.8, 4) is 0 Å². The van der Waals surface area contributed by atoms with Gasteiger partial charge >= 0.3 is 0 Å². The first-order chi connectivity index (χ1) is 6.13. The van der Waals surface area contributed by atoms with Crippen molar-refractivity contribution in [2.45, 2.75) is 31.2 Å². The van der Waals surface area contributed by atoms with Crippen LogP contribution in [-0.4, -0.2) is 19.2 Å². The first-order valence-electron chi connectivity index (χ1n) is 4.35. The lowest BCUT2D eigenvalue weighted by Gasteiger charge is -2.07. The third-order valence-corrected chi connectivity index (χ3v) is 3.85. The average Bonchev–Trinajstić information content (AvgIpc) is 2.48. The third-order valence-electron chi connectivity index (χ3n) is 2.12. The molecule has 1 aromatic heterocycles. The number of rotatable bonds is 1. The fourth-order valence-corrected chi connectivity index (χ4v) is 2.91. The third kappa shape index (κ3) is 1.37. The molecule has 0 unspecified atom stereocenters. The van der Waals surface area contributed by atoms with Crippen molar-refractivity contribution in [3.05, 3.63) is 11.7 Å². The number of fused-ring (bicyclic) bond motifs is 1. The molecule has 13 heavy (non-hydrogen) atoms. The SMILES string of the molecule is CCc1nc2c(o1)CCCS2(=O)=O. The van der Waals surface area contributed by atoms with E-state index in [-0.39, 0.29) is 10.8 Å². The molecule has 0 atom stereocenters. The highest BCUT2D eigenvalue weighted by atomic mass is 32.2. The predicted molar refractivity (Wildman–Crippen MR) is 46.3 cm³/mol. The van der Waals surface area contributed by atoms with Crippen molar-refractivity contribution in [1.82, 2.24) is 4.98 Å². The largest absolute Gasteiger partial charge is 0.444 e. The Balaban J connectivity index is 2.57. The van der Waals surface area contributed by atoms with E-state index < -0.39 is 9.84 Å². The van der Waals surface area contributed by atoms with Gasteiger partial charge < -0.3 is 4.42 Å². The molecule has 0 saturated heterocycles. The zero-order chi connectivity index (χ0) is 9.47. The van der Waals surface area contributed by atoms with Crippen molar-refractivity contribution < 1.29 is 12.8 Å². The van der Waals surface area contributed by atoms with Crippen molar-refractivity contribution in [1.29, 1.82) is 0 Å². The molecule has 0 aromatic carbocycles. The Hall–Kier alpha value is -0.840. The molecule has 0 spiro atoms. The zero-order valence-corrected chi connectivity index (χ0v) is 8.23. The molecule has 0 fully saturated rings. The van der Waals surface area contributed by atoms with Crippen LogP contribution in [0.25, 0.3) is 0 Å². The minimum absolute atomic E-state index is 0.176. The highest BCUT2D eigenvalue weighted by Crippen LogP contribution is 2.25. The van der Waals surface area contributed by atoms with E-state index in [4.69, 9.17) is 4.42 Å². The van der Waals surface area contributed by atoms with E-state index in [1.165, 1.54) is 0 Å². The summed E-state index contributed by atoms with van der Waals surface area (Å²) in [4.78, 5) is 3.97. The van der Waals surface area contributed by atoms with Gasteiger partial charge in [-0.05, 0) is 6.42 Å². The molecular formula is C8H11NO3S. The maximum absolute atomic E-state index is 11.5. The second kappa shape index (κ2) is 2.83. The van der Waals surface area contributed by atoms with Gasteiger partial charge in [-0.2, -0.15) is 0 Å². The lowest BCUT2D eigenvalue weighted by Crippen LogP contribution is -2.15. The number of oxazole rings is 1. The molecule has 1 aromatic rings. The molecule has 0 N–H and O–H groups in total. The van der Waals surface area contributed by atoms with Gasteiger partial charge in [-0.25, -0.2) is 13.4 Å². The Kier molecular flexibility index (Phi) is 1.91. The molecule has 1 aliphatic heterocycles. The van der Waals surface area contributed by atoms with E-state index in [0.29, 0.717) is 30.9 Å². The molecule has 2 rings (SSSR count). The van der Waals surface area contributed by atoms with Gasteiger partial charge in [0.15, 0.2) is 20.8 Å². The van der Waals surface area contributed by atoms with Crippen molar-refractivity contribution in [2.24, 2.45) is 0 Å². The number of aromatic nitrogens is 1. The molecule has 0 radical (unpaired) electrons. The molecule has 0 saturated carbocycles. The lowest BCUT2D eigenvalue weighted by atomic mass is 10.3. The highest BCUT2D eigenvalue weighted by Gasteiger charge is 2.29. The van der Waals surface area contributed by atoms with E-state index in [9.17, 15) is 8.42 Å². The van der Waals surface area contributed by atoms with E-state index in [0.717, 1.165) is 0 Å². The van der Waals surface area contributed by atoms with Gasteiger partial charge in [-0.1, -0.05) is 6.92 Å². The van der Waals surface area contributed by atoms with Gasteiger partial charge in [0.1, 0.15) is 5.76 Å². The molecule has 0 bridgehead atoms. The van der Waals surface area contributed by atoms with Crippen LogP contribution in [0.1, 0.15) is 25.0 Å². The van der Waals surface area contributed by atoms with Crippen LogP contribution in [0.2, 0.25) is 0 Å². The Bertz CT molecular complexity index is 419. The minimum Gasteiger partial charge on any atom is -0.444 e. The maximum Gasteiger partial charge on any atom is 0.199 e. The molecule has 0 aliphatic carbocycles. The molecule has 1 aliphatic rings. The number of hydrogen-bond donors (Lipinski definition) is 0. The fourth-order valence-electron chi connectivity index (χ4n) is 1.46. The van der Waals surface area contributed by atoms with Crippen LogP contribution in [0.4, 0.5) is 0 Å². The second-order valence-corrected chi connectivity index (χ2v) is 5.14. The molecule has 72 valence electrons. The molecule has 5 heteroatoms. The van der Waals surface area contributed by atoms with Crippen molar-refractivity contribution >= 4 is 9.84 Å². The molecule has 4 nitrogen and oxygen atoms in total. The summed E-state index contributed by atoms with van der Waals surface area (Å²) in [6, 6.07) is 0. The van der Waals surface area contributed by atoms with Gasteiger partial charge in [0, 0.05) is 12.8 Å². The first-order valence-corrected chi connectivity index (χ1v) is 6.00. The van der Waals surface area contributed by atoms with E-state index in [1.807, 2.05) is 6.92 Å². The van der Waals surface area contributed by atoms with E-state index >= 15 is 0 Å². The summed E-state index contributed by atoms with van der Waals surface area (Å²) in [6.07, 6.45) is 1.98. The predicted octanol–water partition coefficient (Wildman–Crippen LogP) is 0.957. The summed E-state index contributed by atoms with van der Waals surface area (Å²) in [5.41, 5.74) is 0. The van der Waals surface area contributed by atoms with Crippen LogP contribution in [0.3, 0.4) is 0 Å². The Labute approximate surface area is 76.9 Å². The Morgan fingerprint density at radius 1 is 1.54 bits per heavy atom. The fraction of sp³-hybridized carbons (Fsp3) is 0.625. The van der Waals surface area contributed by atoms with E-state index in [1.54, 1.807) is 0 Å². The normalized spacial score (nSPS) is 19.8. The summed E-state index contributed by atoms with van der Waals surface area (Å²) in [6.45, 7) is 1.89. The minimum atomic E-state index is -3.14. The smallest absolute Gasteiger partial charge is 0.199 e. The number of aryl methyl sites for hydroxylation is 2. The maximum atomic E-state index is 11.5. The Morgan fingerprint density at radius 2 is 2.31 bits per heavy atom. The molecular weight excluding hydrogens is 190 g/mol. The second-order valence-electron chi connectivity index (χ2n) is 3.11. The van der Waals surface area contributed by atoms with E-state index in [2.05, 4.69) is 4.98 Å². The van der Waals surface area contributed by atoms with Gasteiger partial charge in [-0.15, -0.1) is 0 Å². The summed E-state index contributed by atoms with van der Waals surface area (Å²) >= 11 is 0. The van der Waals surface area contributed by atoms with Crippen LogP contribution < -0.4 is 0 Å². The van der Waals surface area contributed by atoms with Crippen LogP contribution in [-0.2, 0) is 22.7 Å². The number of sulfone groups is 1. The van der Waals surface area contributed by atoms with Gasteiger partial charge in [-0.3, -0.25) is 0 Å². The van der Waals surface area contributed by atoms with Gasteiger partial charge in [0.2, 0.25) is 0 Å². The van der Waals surface area contributed by atoms with Gasteiger partial charge in [0.25, 0.3) is 0 Å². The van der Waals surface area contributed by atoms with Gasteiger partial charge in [0.05, 0.1) is 5.75 Å². The standard InChI is InChI=1S/C8H11NO3S/c1-2-7-9-8-6(12-7)4-3-5-13(8,10)11/h2-5H2,1H3. The van der Waals surface area contributed by atoms with Crippen LogP contribution in [0.15, 0.2) is 9.44 Å². The summed E-state index contributed by atoms with van der Waals surface area (Å²) in [5.74, 6) is 1.27. The first kappa shape index (κ1) is 8.74. The van der Waals surface area contributed by atoms with Crippen LogP contribution in [0.5, 0.6) is 0 Å². The zero-order valence-electron chi connectivity index (χ0n) is 7.41. The van der Waals surface area contributed by atoms with Crippen molar-refractivity contribution in [2.75, 3.05) is 5.75 Å². The summed E-state index contributed by atoms with van der Waals surface area (Å²) in [7, 11) is -3.14. The monoisotopic (exact) mass is 201 g/mol. The van der Waals surface area contributed by atoms with Crippen molar-refractivity contribution in [3.63, 3.8) is 0 Å². The number of nitrogens with zero attached hydrogens (tertiary/aromatic N) is 1. The number of hydrogen-bond acceptors (Lipinski definition) is 4. The van der Waals surface area contributed by atoms with Crippen LogP contribution in [0, 0.1) is 0 Å². The average molecular weight is 201 g/mol.